The van der Waals surface area contributed by atoms with Gasteiger partial charge in [0, 0.05) is 11.6 Å². The van der Waals surface area contributed by atoms with Crippen molar-refractivity contribution in [1.29, 1.82) is 0 Å². The summed E-state index contributed by atoms with van der Waals surface area (Å²) in [6.07, 6.45) is -0.576. The first-order chi connectivity index (χ1) is 13.6. The van der Waals surface area contributed by atoms with E-state index in [9.17, 15) is 9.90 Å². The SMILES string of the molecule is COC(=O)NC(COc1cc(-c2ccccc2O)nnc1N)c1ccccc1. The molecule has 0 bridgehead atoms. The average molecular weight is 380 g/mol. The minimum Gasteiger partial charge on any atom is -0.507 e. The minimum atomic E-state index is -0.576. The number of para-hydroxylation sites is 1. The van der Waals surface area contributed by atoms with Gasteiger partial charge in [0.15, 0.2) is 11.6 Å². The van der Waals surface area contributed by atoms with Crippen molar-refractivity contribution in [2.24, 2.45) is 0 Å². The number of alkyl carbamates (subject to hydrolysis) is 1. The number of hydrogen-bond acceptors (Lipinski definition) is 7. The van der Waals surface area contributed by atoms with E-state index in [0.29, 0.717) is 17.0 Å². The molecule has 1 atom stereocenters. The lowest BCUT2D eigenvalue weighted by molar-refractivity contribution is 0.160. The first-order valence-electron chi connectivity index (χ1n) is 8.52. The number of aromatic nitrogens is 2. The molecule has 8 heteroatoms. The summed E-state index contributed by atoms with van der Waals surface area (Å²) in [6.45, 7) is 0.0925. The van der Waals surface area contributed by atoms with Gasteiger partial charge in [-0.2, -0.15) is 0 Å². The number of ether oxygens (including phenoxy) is 2. The summed E-state index contributed by atoms with van der Waals surface area (Å²) >= 11 is 0. The van der Waals surface area contributed by atoms with Gasteiger partial charge in [-0.1, -0.05) is 42.5 Å². The van der Waals surface area contributed by atoms with Crippen molar-refractivity contribution < 1.29 is 19.4 Å². The molecule has 144 valence electrons. The number of aromatic hydroxyl groups is 1. The molecule has 0 aliphatic carbocycles. The highest BCUT2D eigenvalue weighted by Gasteiger charge is 2.17. The summed E-state index contributed by atoms with van der Waals surface area (Å²) in [6, 6.07) is 17.2. The largest absolute Gasteiger partial charge is 0.507 e. The molecule has 0 saturated carbocycles. The Labute approximate surface area is 161 Å². The molecule has 0 radical (unpaired) electrons. The Kier molecular flexibility index (Phi) is 5.91. The Morgan fingerprint density at radius 3 is 2.57 bits per heavy atom. The van der Waals surface area contributed by atoms with E-state index in [4.69, 9.17) is 10.5 Å². The van der Waals surface area contributed by atoms with Crippen molar-refractivity contribution in [3.05, 3.63) is 66.2 Å². The average Bonchev–Trinajstić information content (AvgIpc) is 2.73. The lowest BCUT2D eigenvalue weighted by Crippen LogP contribution is -2.32. The molecular formula is C20H20N4O4. The van der Waals surface area contributed by atoms with Crippen LogP contribution in [0.1, 0.15) is 11.6 Å². The summed E-state index contributed by atoms with van der Waals surface area (Å²) in [5, 5.41) is 20.7. The summed E-state index contributed by atoms with van der Waals surface area (Å²) in [5.41, 5.74) is 7.65. The van der Waals surface area contributed by atoms with Crippen LogP contribution in [0.15, 0.2) is 60.7 Å². The molecule has 0 aliphatic heterocycles. The van der Waals surface area contributed by atoms with E-state index in [1.165, 1.54) is 7.11 Å². The zero-order valence-corrected chi connectivity index (χ0v) is 15.2. The molecule has 1 unspecified atom stereocenters. The van der Waals surface area contributed by atoms with Crippen molar-refractivity contribution in [1.82, 2.24) is 15.5 Å². The fourth-order valence-electron chi connectivity index (χ4n) is 2.60. The lowest BCUT2D eigenvalue weighted by atomic mass is 10.1. The van der Waals surface area contributed by atoms with Crippen LogP contribution < -0.4 is 15.8 Å². The number of rotatable bonds is 6. The molecule has 4 N–H and O–H groups in total. The van der Waals surface area contributed by atoms with E-state index in [0.717, 1.165) is 5.56 Å². The van der Waals surface area contributed by atoms with E-state index in [1.54, 1.807) is 30.3 Å². The number of phenolic OH excluding ortho intramolecular Hbond substituents is 1. The fourth-order valence-corrected chi connectivity index (χ4v) is 2.60. The Morgan fingerprint density at radius 1 is 1.14 bits per heavy atom. The number of hydrogen-bond donors (Lipinski definition) is 3. The van der Waals surface area contributed by atoms with Gasteiger partial charge in [0.25, 0.3) is 0 Å². The molecule has 8 nitrogen and oxygen atoms in total. The third kappa shape index (κ3) is 4.47. The highest BCUT2D eigenvalue weighted by atomic mass is 16.5. The second-order valence-corrected chi connectivity index (χ2v) is 5.91. The highest BCUT2D eigenvalue weighted by molar-refractivity contribution is 5.69. The van der Waals surface area contributed by atoms with Crippen LogP contribution >= 0.6 is 0 Å². The smallest absolute Gasteiger partial charge is 0.407 e. The third-order valence-electron chi connectivity index (χ3n) is 4.05. The second kappa shape index (κ2) is 8.72. The first-order valence-corrected chi connectivity index (χ1v) is 8.52. The number of nitrogens with zero attached hydrogens (tertiary/aromatic N) is 2. The quantitative estimate of drug-likeness (QED) is 0.601. The zero-order chi connectivity index (χ0) is 19.9. The van der Waals surface area contributed by atoms with Gasteiger partial charge in [0.2, 0.25) is 0 Å². The summed E-state index contributed by atoms with van der Waals surface area (Å²) in [4.78, 5) is 11.7. The van der Waals surface area contributed by atoms with E-state index in [2.05, 4.69) is 20.3 Å². The summed E-state index contributed by atoms with van der Waals surface area (Å²) < 4.78 is 10.5. The molecule has 1 heterocycles. The van der Waals surface area contributed by atoms with Crippen LogP contribution in [0.2, 0.25) is 0 Å². The van der Waals surface area contributed by atoms with Crippen LogP contribution in [0.5, 0.6) is 11.5 Å². The maximum absolute atomic E-state index is 11.7. The van der Waals surface area contributed by atoms with E-state index < -0.39 is 12.1 Å². The normalized spacial score (nSPS) is 11.5. The number of benzene rings is 2. The predicted molar refractivity (Wildman–Crippen MR) is 104 cm³/mol. The van der Waals surface area contributed by atoms with Crippen molar-refractivity contribution >= 4 is 11.9 Å². The third-order valence-corrected chi connectivity index (χ3v) is 4.05. The number of amides is 1. The van der Waals surface area contributed by atoms with E-state index in [1.807, 2.05) is 30.3 Å². The van der Waals surface area contributed by atoms with Crippen LogP contribution in [-0.4, -0.2) is 35.1 Å². The number of methoxy groups -OCH3 is 1. The monoisotopic (exact) mass is 380 g/mol. The Hall–Kier alpha value is -3.81. The molecule has 0 aliphatic rings. The summed E-state index contributed by atoms with van der Waals surface area (Å²) in [5.74, 6) is 0.465. The molecule has 28 heavy (non-hydrogen) atoms. The molecule has 0 spiro atoms. The molecular weight excluding hydrogens is 360 g/mol. The summed E-state index contributed by atoms with van der Waals surface area (Å²) in [7, 11) is 1.29. The fraction of sp³-hybridized carbons (Fsp3) is 0.150. The van der Waals surface area contributed by atoms with Gasteiger partial charge < -0.3 is 25.6 Å². The molecule has 1 amide bonds. The predicted octanol–water partition coefficient (Wildman–Crippen LogP) is 2.91. The molecule has 1 aromatic heterocycles. The zero-order valence-electron chi connectivity index (χ0n) is 15.2. The second-order valence-electron chi connectivity index (χ2n) is 5.91. The molecule has 0 saturated heterocycles. The van der Waals surface area contributed by atoms with Gasteiger partial charge in [-0.3, -0.25) is 0 Å². The molecule has 3 aromatic rings. The number of nitrogen functional groups attached to an aromatic ring is 1. The van der Waals surface area contributed by atoms with Crippen molar-refractivity contribution in [2.75, 3.05) is 19.5 Å². The van der Waals surface area contributed by atoms with Gasteiger partial charge in [-0.05, 0) is 17.7 Å². The maximum atomic E-state index is 11.7. The first kappa shape index (κ1) is 19.0. The van der Waals surface area contributed by atoms with Crippen molar-refractivity contribution in [2.45, 2.75) is 6.04 Å². The number of carbonyl (C=O) groups excluding carboxylic acids is 1. The van der Waals surface area contributed by atoms with Crippen molar-refractivity contribution in [3.63, 3.8) is 0 Å². The molecule has 2 aromatic carbocycles. The molecule has 0 fully saturated rings. The lowest BCUT2D eigenvalue weighted by Gasteiger charge is -2.19. The van der Waals surface area contributed by atoms with Gasteiger partial charge in [-0.15, -0.1) is 10.2 Å². The van der Waals surface area contributed by atoms with Crippen molar-refractivity contribution in [3.8, 4) is 22.8 Å². The minimum absolute atomic E-state index is 0.0713. The number of anilines is 1. The Morgan fingerprint density at radius 2 is 1.86 bits per heavy atom. The Balaban J connectivity index is 1.82. The van der Waals surface area contributed by atoms with Gasteiger partial charge in [0.05, 0.1) is 13.2 Å². The highest BCUT2D eigenvalue weighted by Crippen LogP contribution is 2.31. The standard InChI is InChI=1S/C20H20N4O4/c1-27-20(26)22-16(13-7-3-2-4-8-13)12-28-18-11-15(23-24-19(18)21)14-9-5-6-10-17(14)25/h2-11,16,25H,12H2,1H3,(H2,21,24)(H,22,26). The van der Waals surface area contributed by atoms with E-state index >= 15 is 0 Å². The van der Waals surface area contributed by atoms with Gasteiger partial charge in [0.1, 0.15) is 18.1 Å². The topological polar surface area (TPSA) is 120 Å². The van der Waals surface area contributed by atoms with E-state index in [-0.39, 0.29) is 18.2 Å². The molecule has 3 rings (SSSR count). The van der Waals surface area contributed by atoms with Crippen LogP contribution in [0, 0.1) is 0 Å². The van der Waals surface area contributed by atoms with Crippen LogP contribution in [0.25, 0.3) is 11.3 Å². The maximum Gasteiger partial charge on any atom is 0.407 e. The van der Waals surface area contributed by atoms with Crippen LogP contribution in [0.3, 0.4) is 0 Å². The van der Waals surface area contributed by atoms with Gasteiger partial charge in [-0.25, -0.2) is 4.79 Å². The van der Waals surface area contributed by atoms with Crippen LogP contribution in [0.4, 0.5) is 10.6 Å². The number of carbonyl (C=O) groups is 1. The number of nitrogens with two attached hydrogens (primary N) is 1. The number of nitrogens with one attached hydrogen (secondary N) is 1. The Bertz CT molecular complexity index is 950. The van der Waals surface area contributed by atoms with Crippen LogP contribution in [-0.2, 0) is 4.74 Å². The number of phenols is 1. The van der Waals surface area contributed by atoms with Gasteiger partial charge >= 0.3 is 6.09 Å².